The van der Waals surface area contributed by atoms with Gasteiger partial charge in [-0.05, 0) is 29.2 Å². The van der Waals surface area contributed by atoms with E-state index < -0.39 is 0 Å². The summed E-state index contributed by atoms with van der Waals surface area (Å²) in [5, 5.41) is 0. The van der Waals surface area contributed by atoms with Gasteiger partial charge in [0.05, 0.1) is 0 Å². The zero-order chi connectivity index (χ0) is 15.1. The van der Waals surface area contributed by atoms with Gasteiger partial charge in [-0.2, -0.15) is 0 Å². The van der Waals surface area contributed by atoms with Gasteiger partial charge in [-0.3, -0.25) is 4.79 Å². The van der Waals surface area contributed by atoms with Crippen molar-refractivity contribution in [3.63, 3.8) is 0 Å². The molecule has 0 aliphatic carbocycles. The third kappa shape index (κ3) is 4.57. The molecule has 0 bridgehead atoms. The molecule has 0 spiro atoms. The van der Waals surface area contributed by atoms with Gasteiger partial charge in [0.15, 0.2) is 5.78 Å². The van der Waals surface area contributed by atoms with Crippen LogP contribution >= 0.6 is 0 Å². The van der Waals surface area contributed by atoms with Crippen molar-refractivity contribution < 1.29 is 4.79 Å². The van der Waals surface area contributed by atoms with Gasteiger partial charge in [0.25, 0.3) is 0 Å². The number of ketones is 1. The van der Waals surface area contributed by atoms with Crippen LogP contribution in [0.1, 0.15) is 25.0 Å². The molecule has 0 N–H and O–H groups in total. The molecule has 0 aliphatic rings. The van der Waals surface area contributed by atoms with Crippen LogP contribution < -0.4 is 0 Å². The maximum absolute atomic E-state index is 12.4. The van der Waals surface area contributed by atoms with Crippen LogP contribution in [0.15, 0.2) is 72.3 Å². The highest BCUT2D eigenvalue weighted by molar-refractivity contribution is 6.09. The van der Waals surface area contributed by atoms with Crippen LogP contribution in [0.5, 0.6) is 0 Å². The molecule has 0 aliphatic heterocycles. The standard InChI is InChI=1S/C20H20O/c1-16(2)19(15-18-11-7-4-8-12-18)20(21)14-13-17-9-5-3-6-10-17/h3-16H,1-2H3. The minimum absolute atomic E-state index is 0.0673. The Morgan fingerprint density at radius 1 is 0.857 bits per heavy atom. The van der Waals surface area contributed by atoms with E-state index in [0.717, 1.165) is 16.7 Å². The first-order valence-electron chi connectivity index (χ1n) is 7.21. The predicted octanol–water partition coefficient (Wildman–Crippen LogP) is 5.01. The van der Waals surface area contributed by atoms with Gasteiger partial charge in [0, 0.05) is 5.57 Å². The lowest BCUT2D eigenvalue weighted by Gasteiger charge is -2.08. The third-order valence-electron chi connectivity index (χ3n) is 3.25. The van der Waals surface area contributed by atoms with Crippen molar-refractivity contribution in [3.05, 3.63) is 83.4 Å². The van der Waals surface area contributed by atoms with E-state index in [0.29, 0.717) is 0 Å². The molecule has 0 atom stereocenters. The van der Waals surface area contributed by atoms with Gasteiger partial charge in [-0.25, -0.2) is 0 Å². The van der Waals surface area contributed by atoms with Gasteiger partial charge in [0.1, 0.15) is 0 Å². The molecule has 21 heavy (non-hydrogen) atoms. The van der Waals surface area contributed by atoms with E-state index in [1.165, 1.54) is 0 Å². The number of hydrogen-bond acceptors (Lipinski definition) is 1. The van der Waals surface area contributed by atoms with Gasteiger partial charge in [-0.15, -0.1) is 0 Å². The van der Waals surface area contributed by atoms with Gasteiger partial charge >= 0.3 is 0 Å². The van der Waals surface area contributed by atoms with Gasteiger partial charge in [0.2, 0.25) is 0 Å². The fraction of sp³-hybridized carbons (Fsp3) is 0.150. The van der Waals surface area contributed by atoms with Crippen molar-refractivity contribution in [1.82, 2.24) is 0 Å². The summed E-state index contributed by atoms with van der Waals surface area (Å²) in [5.74, 6) is 0.260. The van der Waals surface area contributed by atoms with Crippen LogP contribution in [-0.4, -0.2) is 5.78 Å². The highest BCUT2D eigenvalue weighted by Crippen LogP contribution is 2.17. The van der Waals surface area contributed by atoms with E-state index >= 15 is 0 Å². The molecule has 0 heterocycles. The third-order valence-corrected chi connectivity index (χ3v) is 3.25. The molecular formula is C20H20O. The van der Waals surface area contributed by atoms with E-state index in [-0.39, 0.29) is 11.7 Å². The lowest BCUT2D eigenvalue weighted by Crippen LogP contribution is -2.05. The fourth-order valence-electron chi connectivity index (χ4n) is 2.08. The van der Waals surface area contributed by atoms with E-state index in [1.807, 2.05) is 86.7 Å². The molecular weight excluding hydrogens is 256 g/mol. The quantitative estimate of drug-likeness (QED) is 0.702. The maximum Gasteiger partial charge on any atom is 0.182 e. The normalized spacial score (nSPS) is 12.0. The SMILES string of the molecule is CC(C)C(=Cc1ccccc1)C(=O)C=Cc1ccccc1. The average Bonchev–Trinajstić information content (AvgIpc) is 2.52. The number of benzene rings is 2. The first-order valence-corrected chi connectivity index (χ1v) is 7.21. The van der Waals surface area contributed by atoms with Crippen molar-refractivity contribution in [2.75, 3.05) is 0 Å². The zero-order valence-electron chi connectivity index (χ0n) is 12.5. The molecule has 0 unspecified atom stereocenters. The Morgan fingerprint density at radius 3 is 1.90 bits per heavy atom. The van der Waals surface area contributed by atoms with E-state index in [2.05, 4.69) is 0 Å². The topological polar surface area (TPSA) is 17.1 Å². The Labute approximate surface area is 126 Å². The summed E-state index contributed by atoms with van der Waals surface area (Å²) in [4.78, 5) is 12.4. The maximum atomic E-state index is 12.4. The van der Waals surface area contributed by atoms with Crippen molar-refractivity contribution in [2.45, 2.75) is 13.8 Å². The van der Waals surface area contributed by atoms with Crippen molar-refractivity contribution in [2.24, 2.45) is 5.92 Å². The highest BCUT2D eigenvalue weighted by atomic mass is 16.1. The summed E-state index contributed by atoms with van der Waals surface area (Å²) in [6.45, 7) is 4.09. The molecule has 0 saturated carbocycles. The molecule has 2 aromatic rings. The summed E-state index contributed by atoms with van der Waals surface area (Å²) in [7, 11) is 0. The Bertz CT molecular complexity index is 634. The van der Waals surface area contributed by atoms with E-state index in [1.54, 1.807) is 6.08 Å². The Balaban J connectivity index is 2.21. The summed E-state index contributed by atoms with van der Waals surface area (Å²) in [6.07, 6.45) is 5.50. The van der Waals surface area contributed by atoms with Crippen LogP contribution in [0.25, 0.3) is 12.2 Å². The second-order valence-corrected chi connectivity index (χ2v) is 5.27. The van der Waals surface area contributed by atoms with Crippen molar-refractivity contribution >= 4 is 17.9 Å². The monoisotopic (exact) mass is 276 g/mol. The first kappa shape index (κ1) is 15.0. The molecule has 1 heteroatoms. The first-order chi connectivity index (χ1) is 10.2. The Kier molecular flexibility index (Phi) is 5.28. The molecule has 0 amide bonds. The summed E-state index contributed by atoms with van der Waals surface area (Å²) >= 11 is 0. The molecule has 1 nitrogen and oxygen atoms in total. The molecule has 0 aromatic heterocycles. The Morgan fingerprint density at radius 2 is 1.38 bits per heavy atom. The molecule has 0 fully saturated rings. The fourth-order valence-corrected chi connectivity index (χ4v) is 2.08. The number of carbonyl (C=O) groups is 1. The summed E-state index contributed by atoms with van der Waals surface area (Å²) in [6, 6.07) is 19.8. The van der Waals surface area contributed by atoms with E-state index in [4.69, 9.17) is 0 Å². The number of hydrogen-bond donors (Lipinski definition) is 0. The molecule has 2 rings (SSSR count). The Hall–Kier alpha value is -2.41. The number of rotatable bonds is 5. The van der Waals surface area contributed by atoms with Crippen LogP contribution in [0.3, 0.4) is 0 Å². The minimum Gasteiger partial charge on any atom is -0.290 e. The largest absolute Gasteiger partial charge is 0.290 e. The zero-order valence-corrected chi connectivity index (χ0v) is 12.5. The second kappa shape index (κ2) is 7.39. The molecule has 0 saturated heterocycles. The lowest BCUT2D eigenvalue weighted by atomic mass is 9.96. The van der Waals surface area contributed by atoms with Gasteiger partial charge < -0.3 is 0 Å². The van der Waals surface area contributed by atoms with Crippen LogP contribution in [0, 0.1) is 5.92 Å². The van der Waals surface area contributed by atoms with Crippen molar-refractivity contribution in [1.29, 1.82) is 0 Å². The summed E-state index contributed by atoms with van der Waals surface area (Å²) in [5.41, 5.74) is 2.92. The average molecular weight is 276 g/mol. The molecule has 106 valence electrons. The highest BCUT2D eigenvalue weighted by Gasteiger charge is 2.10. The van der Waals surface area contributed by atoms with Crippen molar-refractivity contribution in [3.8, 4) is 0 Å². The van der Waals surface area contributed by atoms with Gasteiger partial charge in [-0.1, -0.05) is 80.6 Å². The molecule has 2 aromatic carbocycles. The second-order valence-electron chi connectivity index (χ2n) is 5.27. The number of carbonyl (C=O) groups excluding carboxylic acids is 1. The van der Waals surface area contributed by atoms with E-state index in [9.17, 15) is 4.79 Å². The lowest BCUT2D eigenvalue weighted by molar-refractivity contribution is -0.111. The predicted molar refractivity (Wildman–Crippen MR) is 89.7 cm³/mol. The smallest absolute Gasteiger partial charge is 0.182 e. The van der Waals surface area contributed by atoms with Crippen LogP contribution in [0.4, 0.5) is 0 Å². The van der Waals surface area contributed by atoms with Crippen LogP contribution in [0.2, 0.25) is 0 Å². The summed E-state index contributed by atoms with van der Waals surface area (Å²) < 4.78 is 0. The molecule has 0 radical (unpaired) electrons. The minimum atomic E-state index is 0.0673. The van der Waals surface area contributed by atoms with Crippen LogP contribution in [-0.2, 0) is 4.79 Å². The number of allylic oxidation sites excluding steroid dienone is 2.